The molecule has 134 valence electrons. The summed E-state index contributed by atoms with van der Waals surface area (Å²) < 4.78 is 7.62. The number of rotatable bonds is 6. The standard InChI is InChI=1S/C20H23N5O/c1-2-5-17(6-3-1)16-25-10-9-21-19(25)15-23-18-7-4-8-22-20(18)24-11-13-26-14-12-24/h1-10,23H,11-16H2. The molecule has 2 aromatic heterocycles. The van der Waals surface area contributed by atoms with Gasteiger partial charge in [-0.1, -0.05) is 30.3 Å². The number of hydrogen-bond donors (Lipinski definition) is 1. The average Bonchev–Trinajstić information content (AvgIpc) is 3.15. The van der Waals surface area contributed by atoms with Crippen LogP contribution in [0.4, 0.5) is 11.5 Å². The summed E-state index contributed by atoms with van der Waals surface area (Å²) in [5.41, 5.74) is 2.30. The molecule has 0 aliphatic carbocycles. The van der Waals surface area contributed by atoms with Crippen molar-refractivity contribution in [2.75, 3.05) is 36.5 Å². The maximum absolute atomic E-state index is 5.45. The Hall–Kier alpha value is -2.86. The van der Waals surface area contributed by atoms with Crippen LogP contribution in [0.25, 0.3) is 0 Å². The molecule has 0 radical (unpaired) electrons. The number of hydrogen-bond acceptors (Lipinski definition) is 5. The second kappa shape index (κ2) is 8.01. The molecule has 0 atom stereocenters. The first-order valence-corrected chi connectivity index (χ1v) is 8.96. The van der Waals surface area contributed by atoms with Gasteiger partial charge in [0, 0.05) is 38.2 Å². The highest BCUT2D eigenvalue weighted by Gasteiger charge is 2.16. The smallest absolute Gasteiger partial charge is 0.152 e. The molecule has 6 heteroatoms. The molecule has 0 spiro atoms. The lowest BCUT2D eigenvalue weighted by molar-refractivity contribution is 0.122. The van der Waals surface area contributed by atoms with Gasteiger partial charge in [0.2, 0.25) is 0 Å². The lowest BCUT2D eigenvalue weighted by atomic mass is 10.2. The van der Waals surface area contributed by atoms with Crippen LogP contribution in [0.3, 0.4) is 0 Å². The number of morpholine rings is 1. The third-order valence-electron chi connectivity index (χ3n) is 4.53. The van der Waals surface area contributed by atoms with Crippen LogP contribution < -0.4 is 10.2 Å². The number of nitrogens with one attached hydrogen (secondary N) is 1. The van der Waals surface area contributed by atoms with Gasteiger partial charge in [0.1, 0.15) is 5.82 Å². The molecule has 1 fully saturated rings. The number of benzene rings is 1. The highest BCUT2D eigenvalue weighted by molar-refractivity contribution is 5.65. The van der Waals surface area contributed by atoms with Crippen LogP contribution in [0.5, 0.6) is 0 Å². The molecule has 0 amide bonds. The summed E-state index contributed by atoms with van der Waals surface area (Å²) in [4.78, 5) is 11.4. The Balaban J connectivity index is 1.46. The van der Waals surface area contributed by atoms with E-state index in [4.69, 9.17) is 4.74 Å². The van der Waals surface area contributed by atoms with E-state index in [0.29, 0.717) is 6.54 Å². The van der Waals surface area contributed by atoms with E-state index in [-0.39, 0.29) is 0 Å². The monoisotopic (exact) mass is 349 g/mol. The number of nitrogens with zero attached hydrogens (tertiary/aromatic N) is 4. The second-order valence-electron chi connectivity index (χ2n) is 6.28. The maximum atomic E-state index is 5.45. The lowest BCUT2D eigenvalue weighted by Crippen LogP contribution is -2.37. The first-order chi connectivity index (χ1) is 12.9. The molecular weight excluding hydrogens is 326 g/mol. The van der Waals surface area contributed by atoms with E-state index in [0.717, 1.165) is 50.2 Å². The van der Waals surface area contributed by atoms with Crippen LogP contribution in [-0.4, -0.2) is 40.8 Å². The fourth-order valence-corrected chi connectivity index (χ4v) is 3.17. The summed E-state index contributed by atoms with van der Waals surface area (Å²) in [6.07, 6.45) is 5.72. The molecular formula is C20H23N5O. The minimum absolute atomic E-state index is 0.656. The van der Waals surface area contributed by atoms with Crippen molar-refractivity contribution < 1.29 is 4.74 Å². The lowest BCUT2D eigenvalue weighted by Gasteiger charge is -2.29. The highest BCUT2D eigenvalue weighted by atomic mass is 16.5. The van der Waals surface area contributed by atoms with E-state index in [1.165, 1.54) is 5.56 Å². The van der Waals surface area contributed by atoms with E-state index in [1.54, 1.807) is 0 Å². The average molecular weight is 349 g/mol. The molecule has 1 N–H and O–H groups in total. The van der Waals surface area contributed by atoms with Gasteiger partial charge in [0.25, 0.3) is 0 Å². The molecule has 4 rings (SSSR count). The van der Waals surface area contributed by atoms with Gasteiger partial charge in [-0.2, -0.15) is 0 Å². The summed E-state index contributed by atoms with van der Waals surface area (Å²) in [6.45, 7) is 4.71. The van der Waals surface area contributed by atoms with Crippen LogP contribution >= 0.6 is 0 Å². The summed E-state index contributed by atoms with van der Waals surface area (Å²) in [7, 11) is 0. The molecule has 1 aliphatic heterocycles. The summed E-state index contributed by atoms with van der Waals surface area (Å²) in [5.74, 6) is 1.99. The Bertz CT molecular complexity index is 827. The Kier molecular flexibility index (Phi) is 5.12. The van der Waals surface area contributed by atoms with Crippen LogP contribution in [0.1, 0.15) is 11.4 Å². The third kappa shape index (κ3) is 3.86. The first-order valence-electron chi connectivity index (χ1n) is 8.96. The van der Waals surface area contributed by atoms with Crippen molar-refractivity contribution in [2.24, 2.45) is 0 Å². The van der Waals surface area contributed by atoms with Gasteiger partial charge < -0.3 is 19.5 Å². The largest absolute Gasteiger partial charge is 0.378 e. The Morgan fingerprint density at radius 1 is 0.962 bits per heavy atom. The van der Waals surface area contributed by atoms with Crippen LogP contribution in [0, 0.1) is 0 Å². The van der Waals surface area contributed by atoms with Crippen molar-refractivity contribution in [3.05, 3.63) is 72.4 Å². The van der Waals surface area contributed by atoms with Crippen LogP contribution in [0.15, 0.2) is 61.1 Å². The van der Waals surface area contributed by atoms with Crippen molar-refractivity contribution in [1.29, 1.82) is 0 Å². The van der Waals surface area contributed by atoms with Crippen molar-refractivity contribution in [1.82, 2.24) is 14.5 Å². The molecule has 26 heavy (non-hydrogen) atoms. The van der Waals surface area contributed by atoms with E-state index in [1.807, 2.05) is 30.7 Å². The summed E-state index contributed by atoms with van der Waals surface area (Å²) >= 11 is 0. The normalized spacial score (nSPS) is 14.4. The fourth-order valence-electron chi connectivity index (χ4n) is 3.17. The van der Waals surface area contributed by atoms with E-state index in [2.05, 4.69) is 55.1 Å². The predicted octanol–water partition coefficient (Wildman–Crippen LogP) is 2.78. The second-order valence-corrected chi connectivity index (χ2v) is 6.28. The summed E-state index contributed by atoms with van der Waals surface area (Å²) in [6, 6.07) is 14.5. The molecule has 1 aromatic carbocycles. The third-order valence-corrected chi connectivity index (χ3v) is 4.53. The Morgan fingerprint density at radius 3 is 2.65 bits per heavy atom. The molecule has 0 saturated carbocycles. The molecule has 0 bridgehead atoms. The molecule has 0 unspecified atom stereocenters. The quantitative estimate of drug-likeness (QED) is 0.742. The van der Waals surface area contributed by atoms with Gasteiger partial charge in [-0.05, 0) is 17.7 Å². The number of ether oxygens (including phenoxy) is 1. The van der Waals surface area contributed by atoms with Crippen LogP contribution in [0.2, 0.25) is 0 Å². The van der Waals surface area contributed by atoms with Crippen molar-refractivity contribution in [2.45, 2.75) is 13.1 Å². The van der Waals surface area contributed by atoms with Gasteiger partial charge in [-0.3, -0.25) is 0 Å². The summed E-state index contributed by atoms with van der Waals surface area (Å²) in [5, 5.41) is 3.51. The number of anilines is 2. The Morgan fingerprint density at radius 2 is 1.81 bits per heavy atom. The topological polar surface area (TPSA) is 55.2 Å². The Labute approximate surface area is 153 Å². The predicted molar refractivity (Wildman–Crippen MR) is 102 cm³/mol. The zero-order valence-electron chi connectivity index (χ0n) is 14.7. The van der Waals surface area contributed by atoms with E-state index in [9.17, 15) is 0 Å². The van der Waals surface area contributed by atoms with Gasteiger partial charge in [-0.25, -0.2) is 9.97 Å². The van der Waals surface area contributed by atoms with Crippen molar-refractivity contribution >= 4 is 11.5 Å². The number of pyridine rings is 1. The fraction of sp³-hybridized carbons (Fsp3) is 0.300. The van der Waals surface area contributed by atoms with Gasteiger partial charge in [-0.15, -0.1) is 0 Å². The van der Waals surface area contributed by atoms with Crippen LogP contribution in [-0.2, 0) is 17.8 Å². The maximum Gasteiger partial charge on any atom is 0.152 e. The number of aromatic nitrogens is 3. The van der Waals surface area contributed by atoms with Crippen molar-refractivity contribution in [3.63, 3.8) is 0 Å². The molecule has 1 aliphatic rings. The minimum Gasteiger partial charge on any atom is -0.378 e. The van der Waals surface area contributed by atoms with Gasteiger partial charge in [0.05, 0.1) is 25.4 Å². The zero-order valence-corrected chi connectivity index (χ0v) is 14.7. The minimum atomic E-state index is 0.656. The van der Waals surface area contributed by atoms with Gasteiger partial charge in [0.15, 0.2) is 5.82 Å². The highest BCUT2D eigenvalue weighted by Crippen LogP contribution is 2.24. The SMILES string of the molecule is c1ccc(Cn2ccnc2CNc2cccnc2N2CCOCC2)cc1. The zero-order chi connectivity index (χ0) is 17.6. The number of imidazole rings is 1. The molecule has 1 saturated heterocycles. The molecule has 3 heterocycles. The van der Waals surface area contributed by atoms with Gasteiger partial charge >= 0.3 is 0 Å². The molecule has 6 nitrogen and oxygen atoms in total. The van der Waals surface area contributed by atoms with E-state index >= 15 is 0 Å². The van der Waals surface area contributed by atoms with Crippen molar-refractivity contribution in [3.8, 4) is 0 Å². The first kappa shape index (κ1) is 16.6. The van der Waals surface area contributed by atoms with E-state index < -0.39 is 0 Å². The molecule has 3 aromatic rings.